The zero-order chi connectivity index (χ0) is 17.2. The largest absolute Gasteiger partial charge is 0.468 e. The number of H-pyrrole nitrogens is 1. The van der Waals surface area contributed by atoms with Crippen molar-refractivity contribution in [3.8, 4) is 0 Å². The second-order valence-electron chi connectivity index (χ2n) is 6.59. The number of aromatic amines is 1. The van der Waals surface area contributed by atoms with Crippen molar-refractivity contribution in [2.45, 2.75) is 31.3 Å². The number of nitrogens with one attached hydrogen (secondary N) is 2. The summed E-state index contributed by atoms with van der Waals surface area (Å²) in [5.74, 6) is -0.194. The van der Waals surface area contributed by atoms with Crippen LogP contribution < -0.4 is 5.32 Å². The summed E-state index contributed by atoms with van der Waals surface area (Å²) in [7, 11) is 1.45. The van der Waals surface area contributed by atoms with Crippen LogP contribution in [-0.4, -0.2) is 24.1 Å². The minimum Gasteiger partial charge on any atom is -0.468 e. The Kier molecular flexibility index (Phi) is 4.28. The summed E-state index contributed by atoms with van der Waals surface area (Å²) >= 11 is 0. The van der Waals surface area contributed by atoms with E-state index in [2.05, 4.69) is 46.7 Å². The number of aromatic nitrogens is 1. The number of benzene rings is 2. The van der Waals surface area contributed by atoms with Gasteiger partial charge in [0.15, 0.2) is 0 Å². The van der Waals surface area contributed by atoms with Crippen molar-refractivity contribution in [2.75, 3.05) is 7.11 Å². The van der Waals surface area contributed by atoms with E-state index in [4.69, 9.17) is 4.74 Å². The SMILES string of the molecule is COC(=O)[C@H]1Cc2c([nH]c3ccccc23)[C@H](CCc2ccccc2)N1. The van der Waals surface area contributed by atoms with E-state index in [0.29, 0.717) is 6.42 Å². The number of fused-ring (bicyclic) bond motifs is 3. The average molecular weight is 334 g/mol. The Hall–Kier alpha value is -2.59. The van der Waals surface area contributed by atoms with E-state index in [1.165, 1.54) is 29.3 Å². The summed E-state index contributed by atoms with van der Waals surface area (Å²) in [6, 6.07) is 18.6. The quantitative estimate of drug-likeness (QED) is 0.718. The van der Waals surface area contributed by atoms with Crippen LogP contribution in [-0.2, 0) is 22.4 Å². The van der Waals surface area contributed by atoms with Crippen molar-refractivity contribution in [2.24, 2.45) is 0 Å². The van der Waals surface area contributed by atoms with Gasteiger partial charge in [0.05, 0.1) is 7.11 Å². The first-order valence-corrected chi connectivity index (χ1v) is 8.73. The third-order valence-electron chi connectivity index (χ3n) is 5.06. The van der Waals surface area contributed by atoms with Crippen LogP contribution in [0.4, 0.5) is 0 Å². The zero-order valence-electron chi connectivity index (χ0n) is 14.3. The summed E-state index contributed by atoms with van der Waals surface area (Å²) in [5.41, 5.74) is 4.88. The van der Waals surface area contributed by atoms with E-state index in [0.717, 1.165) is 18.4 Å². The van der Waals surface area contributed by atoms with Crippen LogP contribution in [0.5, 0.6) is 0 Å². The average Bonchev–Trinajstić information content (AvgIpc) is 3.05. The van der Waals surface area contributed by atoms with Gasteiger partial charge < -0.3 is 9.72 Å². The molecule has 4 rings (SSSR count). The number of para-hydroxylation sites is 1. The van der Waals surface area contributed by atoms with Gasteiger partial charge in [-0.3, -0.25) is 10.1 Å². The Balaban J connectivity index is 1.66. The molecule has 0 fully saturated rings. The van der Waals surface area contributed by atoms with Crippen molar-refractivity contribution < 1.29 is 9.53 Å². The molecule has 2 atom stereocenters. The highest BCUT2D eigenvalue weighted by Crippen LogP contribution is 2.34. The predicted octanol–water partition coefficient (Wildman–Crippen LogP) is 3.53. The molecule has 128 valence electrons. The Morgan fingerprint density at radius 3 is 2.68 bits per heavy atom. The third kappa shape index (κ3) is 3.05. The first-order valence-electron chi connectivity index (χ1n) is 8.73. The molecule has 2 N–H and O–H groups in total. The van der Waals surface area contributed by atoms with Crippen molar-refractivity contribution >= 4 is 16.9 Å². The van der Waals surface area contributed by atoms with E-state index in [1.807, 2.05) is 18.2 Å². The van der Waals surface area contributed by atoms with Gasteiger partial charge in [0, 0.05) is 29.1 Å². The number of hydrogen-bond acceptors (Lipinski definition) is 3. The molecule has 0 spiro atoms. The van der Waals surface area contributed by atoms with Crippen LogP contribution >= 0.6 is 0 Å². The van der Waals surface area contributed by atoms with Crippen molar-refractivity contribution in [3.63, 3.8) is 0 Å². The summed E-state index contributed by atoms with van der Waals surface area (Å²) in [5, 5.41) is 4.69. The lowest BCUT2D eigenvalue weighted by molar-refractivity contribution is -0.143. The molecule has 4 nitrogen and oxygen atoms in total. The lowest BCUT2D eigenvalue weighted by Crippen LogP contribution is -2.45. The van der Waals surface area contributed by atoms with E-state index < -0.39 is 0 Å². The highest BCUT2D eigenvalue weighted by atomic mass is 16.5. The molecule has 1 aliphatic heterocycles. The van der Waals surface area contributed by atoms with Crippen molar-refractivity contribution in [3.05, 3.63) is 71.4 Å². The molecule has 0 saturated heterocycles. The number of hydrogen-bond donors (Lipinski definition) is 2. The predicted molar refractivity (Wildman–Crippen MR) is 98.4 cm³/mol. The number of rotatable bonds is 4. The third-order valence-corrected chi connectivity index (χ3v) is 5.06. The van der Waals surface area contributed by atoms with Gasteiger partial charge in [0.25, 0.3) is 0 Å². The van der Waals surface area contributed by atoms with Gasteiger partial charge in [-0.1, -0.05) is 48.5 Å². The van der Waals surface area contributed by atoms with Gasteiger partial charge >= 0.3 is 5.97 Å². The fraction of sp³-hybridized carbons (Fsp3) is 0.286. The maximum atomic E-state index is 12.2. The van der Waals surface area contributed by atoms with E-state index in [-0.39, 0.29) is 18.1 Å². The maximum absolute atomic E-state index is 12.2. The Morgan fingerprint density at radius 2 is 1.88 bits per heavy atom. The number of carbonyl (C=O) groups is 1. The minimum absolute atomic E-state index is 0.112. The van der Waals surface area contributed by atoms with Crippen LogP contribution in [0.2, 0.25) is 0 Å². The summed E-state index contributed by atoms with van der Waals surface area (Å²) in [4.78, 5) is 15.7. The number of aryl methyl sites for hydroxylation is 1. The molecule has 1 aliphatic rings. The first kappa shape index (κ1) is 15.9. The summed E-state index contributed by atoms with van der Waals surface area (Å²) in [6.45, 7) is 0. The number of carbonyl (C=O) groups excluding carboxylic acids is 1. The summed E-state index contributed by atoms with van der Waals surface area (Å²) < 4.78 is 4.99. The Morgan fingerprint density at radius 1 is 1.12 bits per heavy atom. The fourth-order valence-corrected chi connectivity index (χ4v) is 3.80. The zero-order valence-corrected chi connectivity index (χ0v) is 14.3. The number of esters is 1. The molecule has 3 aromatic rings. The van der Waals surface area contributed by atoms with Gasteiger partial charge in [0.2, 0.25) is 0 Å². The van der Waals surface area contributed by atoms with Crippen LogP contribution in [0, 0.1) is 0 Å². The highest BCUT2D eigenvalue weighted by Gasteiger charge is 2.33. The Labute approximate surface area is 147 Å². The number of ether oxygens (including phenoxy) is 1. The molecule has 0 bridgehead atoms. The first-order chi connectivity index (χ1) is 12.3. The molecule has 2 heterocycles. The number of methoxy groups -OCH3 is 1. The second kappa shape index (κ2) is 6.73. The highest BCUT2D eigenvalue weighted by molar-refractivity contribution is 5.87. The maximum Gasteiger partial charge on any atom is 0.323 e. The smallest absolute Gasteiger partial charge is 0.323 e. The van der Waals surface area contributed by atoms with Crippen LogP contribution in [0.3, 0.4) is 0 Å². The Bertz CT molecular complexity index is 885. The molecule has 0 radical (unpaired) electrons. The van der Waals surface area contributed by atoms with Gasteiger partial charge in [-0.25, -0.2) is 0 Å². The van der Waals surface area contributed by atoms with Crippen molar-refractivity contribution in [1.29, 1.82) is 0 Å². The molecule has 25 heavy (non-hydrogen) atoms. The monoisotopic (exact) mass is 334 g/mol. The molecular formula is C21H22N2O2. The van der Waals surface area contributed by atoms with Gasteiger partial charge in [-0.05, 0) is 30.0 Å². The van der Waals surface area contributed by atoms with Crippen molar-refractivity contribution in [1.82, 2.24) is 10.3 Å². The molecule has 2 aromatic carbocycles. The molecule has 0 saturated carbocycles. The lowest BCUT2D eigenvalue weighted by Gasteiger charge is -2.30. The van der Waals surface area contributed by atoms with Gasteiger partial charge in [-0.15, -0.1) is 0 Å². The topological polar surface area (TPSA) is 54.1 Å². The molecule has 0 aliphatic carbocycles. The molecule has 4 heteroatoms. The minimum atomic E-state index is -0.294. The van der Waals surface area contributed by atoms with Crippen LogP contribution in [0.15, 0.2) is 54.6 Å². The van der Waals surface area contributed by atoms with Crippen LogP contribution in [0.1, 0.15) is 29.3 Å². The van der Waals surface area contributed by atoms with Gasteiger partial charge in [0.1, 0.15) is 6.04 Å². The standard InChI is InChI=1S/C21H22N2O2/c1-25-21(24)19-13-16-15-9-5-6-10-17(15)23-20(16)18(22-19)12-11-14-7-3-2-4-8-14/h2-10,18-19,22-23H,11-13H2,1H3/t18-,19+/m0/s1. The summed E-state index contributed by atoms with van der Waals surface area (Å²) in [6.07, 6.45) is 2.55. The molecule has 0 unspecified atom stereocenters. The van der Waals surface area contributed by atoms with E-state index >= 15 is 0 Å². The van der Waals surface area contributed by atoms with Crippen LogP contribution in [0.25, 0.3) is 10.9 Å². The van der Waals surface area contributed by atoms with E-state index in [1.54, 1.807) is 0 Å². The molecule has 0 amide bonds. The van der Waals surface area contributed by atoms with E-state index in [9.17, 15) is 4.79 Å². The molecule has 1 aromatic heterocycles. The van der Waals surface area contributed by atoms with Gasteiger partial charge in [-0.2, -0.15) is 0 Å². The lowest BCUT2D eigenvalue weighted by atomic mass is 9.91. The molecular weight excluding hydrogens is 312 g/mol. The normalized spacial score (nSPS) is 19.6. The second-order valence-corrected chi connectivity index (χ2v) is 6.59. The fourth-order valence-electron chi connectivity index (χ4n) is 3.80.